The van der Waals surface area contributed by atoms with Crippen LogP contribution in [0.25, 0.3) is 10.9 Å². The molecule has 0 aliphatic heterocycles. The Morgan fingerprint density at radius 3 is 2.86 bits per heavy atom. The van der Waals surface area contributed by atoms with Gasteiger partial charge < -0.3 is 10.5 Å². The van der Waals surface area contributed by atoms with Crippen LogP contribution in [0.2, 0.25) is 0 Å². The molecule has 0 amide bonds. The molecule has 5 heteroatoms. The minimum atomic E-state index is 0.336. The summed E-state index contributed by atoms with van der Waals surface area (Å²) in [7, 11) is 1.62. The van der Waals surface area contributed by atoms with Gasteiger partial charge in [0.15, 0.2) is 0 Å². The van der Waals surface area contributed by atoms with Crippen molar-refractivity contribution in [2.45, 2.75) is 6.54 Å². The van der Waals surface area contributed by atoms with Crippen molar-refractivity contribution < 1.29 is 4.74 Å². The lowest BCUT2D eigenvalue weighted by atomic mass is 10.1. The molecule has 1 heterocycles. The summed E-state index contributed by atoms with van der Waals surface area (Å²) in [4.78, 5) is 0.336. The zero-order valence-corrected chi connectivity index (χ0v) is 12.4. The number of benzene rings is 2. The monoisotopic (exact) mass is 297 g/mol. The summed E-state index contributed by atoms with van der Waals surface area (Å²) in [6.07, 6.45) is 1.87. The first kappa shape index (κ1) is 13.6. The molecule has 0 atom stereocenters. The third kappa shape index (κ3) is 2.60. The summed E-state index contributed by atoms with van der Waals surface area (Å²) in [6.45, 7) is 0.668. The first-order valence-corrected chi connectivity index (χ1v) is 6.97. The summed E-state index contributed by atoms with van der Waals surface area (Å²) in [5, 5.41) is 5.56. The SMILES string of the molecule is COc1cc(Cn2ncc3ccccc32)ccc1C(N)=S. The summed E-state index contributed by atoms with van der Waals surface area (Å²) >= 11 is 5.02. The molecule has 2 aromatic carbocycles. The average Bonchev–Trinajstić information content (AvgIpc) is 2.90. The molecule has 0 saturated heterocycles. The third-order valence-corrected chi connectivity index (χ3v) is 3.63. The van der Waals surface area contributed by atoms with E-state index >= 15 is 0 Å². The van der Waals surface area contributed by atoms with Crippen molar-refractivity contribution in [3.63, 3.8) is 0 Å². The molecule has 0 unspecified atom stereocenters. The van der Waals surface area contributed by atoms with Gasteiger partial charge in [-0.3, -0.25) is 4.68 Å². The number of methoxy groups -OCH3 is 1. The van der Waals surface area contributed by atoms with Gasteiger partial charge in [-0.05, 0) is 23.8 Å². The predicted molar refractivity (Wildman–Crippen MR) is 87.7 cm³/mol. The van der Waals surface area contributed by atoms with Crippen LogP contribution in [0.3, 0.4) is 0 Å². The number of nitrogens with zero attached hydrogens (tertiary/aromatic N) is 2. The highest BCUT2D eigenvalue weighted by atomic mass is 32.1. The summed E-state index contributed by atoms with van der Waals surface area (Å²) in [5.74, 6) is 0.691. The first-order valence-electron chi connectivity index (χ1n) is 6.56. The average molecular weight is 297 g/mol. The Morgan fingerprint density at radius 2 is 2.10 bits per heavy atom. The van der Waals surface area contributed by atoms with Crippen molar-refractivity contribution in [1.82, 2.24) is 9.78 Å². The highest BCUT2D eigenvalue weighted by Crippen LogP contribution is 2.22. The number of rotatable bonds is 4. The lowest BCUT2D eigenvalue weighted by Gasteiger charge is -2.10. The number of aromatic nitrogens is 2. The Kier molecular flexibility index (Phi) is 3.58. The van der Waals surface area contributed by atoms with Gasteiger partial charge in [0.25, 0.3) is 0 Å². The van der Waals surface area contributed by atoms with Crippen LogP contribution in [-0.2, 0) is 6.54 Å². The number of ether oxygens (including phenoxy) is 1. The van der Waals surface area contributed by atoms with Gasteiger partial charge in [-0.15, -0.1) is 0 Å². The van der Waals surface area contributed by atoms with Crippen molar-refractivity contribution in [3.05, 3.63) is 59.8 Å². The van der Waals surface area contributed by atoms with Crippen molar-refractivity contribution in [2.75, 3.05) is 7.11 Å². The molecular formula is C16H15N3OS. The Balaban J connectivity index is 1.96. The molecule has 0 fully saturated rings. The summed E-state index contributed by atoms with van der Waals surface area (Å²) in [6, 6.07) is 14.0. The summed E-state index contributed by atoms with van der Waals surface area (Å²) < 4.78 is 7.32. The van der Waals surface area contributed by atoms with E-state index in [4.69, 9.17) is 22.7 Å². The fourth-order valence-electron chi connectivity index (χ4n) is 2.36. The molecule has 1 aromatic heterocycles. The number of fused-ring (bicyclic) bond motifs is 1. The van der Waals surface area contributed by atoms with E-state index in [0.717, 1.165) is 22.0 Å². The van der Waals surface area contributed by atoms with Gasteiger partial charge in [0, 0.05) is 5.39 Å². The number of thiocarbonyl (C=S) groups is 1. The molecule has 0 bridgehead atoms. The van der Waals surface area contributed by atoms with Gasteiger partial charge in [-0.1, -0.05) is 36.5 Å². The van der Waals surface area contributed by atoms with Crippen molar-refractivity contribution in [2.24, 2.45) is 5.73 Å². The number of hydrogen-bond acceptors (Lipinski definition) is 3. The smallest absolute Gasteiger partial charge is 0.129 e. The van der Waals surface area contributed by atoms with Crippen molar-refractivity contribution in [1.29, 1.82) is 0 Å². The quantitative estimate of drug-likeness (QED) is 0.752. The van der Waals surface area contributed by atoms with Gasteiger partial charge in [-0.2, -0.15) is 5.10 Å². The second-order valence-corrected chi connectivity index (χ2v) is 5.20. The fraction of sp³-hybridized carbons (Fsp3) is 0.125. The number of para-hydroxylation sites is 1. The van der Waals surface area contributed by atoms with Crippen LogP contribution in [0, 0.1) is 0 Å². The Morgan fingerprint density at radius 1 is 1.29 bits per heavy atom. The van der Waals surface area contributed by atoms with Crippen LogP contribution in [0.4, 0.5) is 0 Å². The molecule has 0 aliphatic carbocycles. The molecular weight excluding hydrogens is 282 g/mol. The van der Waals surface area contributed by atoms with Gasteiger partial charge in [0.1, 0.15) is 10.7 Å². The molecule has 0 saturated carbocycles. The van der Waals surface area contributed by atoms with Crippen LogP contribution < -0.4 is 10.5 Å². The van der Waals surface area contributed by atoms with E-state index in [-0.39, 0.29) is 0 Å². The van der Waals surface area contributed by atoms with Crippen LogP contribution in [-0.4, -0.2) is 21.9 Å². The second-order valence-electron chi connectivity index (χ2n) is 4.76. The van der Waals surface area contributed by atoms with Gasteiger partial charge in [0.2, 0.25) is 0 Å². The standard InChI is InChI=1S/C16H15N3OS/c1-20-15-8-11(6-7-13(15)16(17)21)10-19-14-5-3-2-4-12(14)9-18-19/h2-9H,10H2,1H3,(H2,17,21). The zero-order valence-electron chi connectivity index (χ0n) is 11.6. The van der Waals surface area contributed by atoms with E-state index in [1.807, 2.05) is 41.2 Å². The fourth-order valence-corrected chi connectivity index (χ4v) is 2.53. The number of hydrogen-bond donors (Lipinski definition) is 1. The van der Waals surface area contributed by atoms with Crippen LogP contribution in [0.5, 0.6) is 5.75 Å². The topological polar surface area (TPSA) is 53.1 Å². The van der Waals surface area contributed by atoms with Gasteiger partial charge in [-0.25, -0.2) is 0 Å². The Labute approximate surface area is 128 Å². The van der Waals surface area contributed by atoms with Gasteiger partial charge in [0.05, 0.1) is 30.9 Å². The summed E-state index contributed by atoms with van der Waals surface area (Å²) in [5.41, 5.74) is 8.63. The molecule has 2 N–H and O–H groups in total. The minimum absolute atomic E-state index is 0.336. The first-order chi connectivity index (χ1) is 10.2. The molecule has 106 valence electrons. The van der Waals surface area contributed by atoms with Crippen LogP contribution in [0.15, 0.2) is 48.7 Å². The molecule has 4 nitrogen and oxygen atoms in total. The Bertz CT molecular complexity index is 810. The van der Waals surface area contributed by atoms with E-state index < -0.39 is 0 Å². The van der Waals surface area contributed by atoms with E-state index in [2.05, 4.69) is 17.2 Å². The van der Waals surface area contributed by atoms with Crippen molar-refractivity contribution >= 4 is 28.1 Å². The maximum Gasteiger partial charge on any atom is 0.129 e. The van der Waals surface area contributed by atoms with E-state index in [1.165, 1.54) is 0 Å². The lowest BCUT2D eigenvalue weighted by molar-refractivity contribution is 0.413. The maximum absolute atomic E-state index is 5.68. The number of nitrogens with two attached hydrogens (primary N) is 1. The van der Waals surface area contributed by atoms with E-state index in [0.29, 0.717) is 17.3 Å². The molecule has 0 aliphatic rings. The van der Waals surface area contributed by atoms with E-state index in [1.54, 1.807) is 7.11 Å². The molecule has 21 heavy (non-hydrogen) atoms. The van der Waals surface area contributed by atoms with Gasteiger partial charge >= 0.3 is 0 Å². The lowest BCUT2D eigenvalue weighted by Crippen LogP contribution is -2.11. The molecule has 3 rings (SSSR count). The molecule has 0 radical (unpaired) electrons. The van der Waals surface area contributed by atoms with Crippen LogP contribution in [0.1, 0.15) is 11.1 Å². The van der Waals surface area contributed by atoms with Crippen LogP contribution >= 0.6 is 12.2 Å². The second kappa shape index (κ2) is 5.54. The predicted octanol–water partition coefficient (Wildman–Crippen LogP) is 2.73. The maximum atomic E-state index is 5.68. The molecule has 0 spiro atoms. The third-order valence-electron chi connectivity index (χ3n) is 3.41. The minimum Gasteiger partial charge on any atom is -0.496 e. The highest BCUT2D eigenvalue weighted by Gasteiger charge is 2.08. The zero-order chi connectivity index (χ0) is 14.8. The normalized spacial score (nSPS) is 10.7. The largest absolute Gasteiger partial charge is 0.496 e. The highest BCUT2D eigenvalue weighted by molar-refractivity contribution is 7.80. The van der Waals surface area contributed by atoms with E-state index in [9.17, 15) is 0 Å². The Hall–Kier alpha value is -2.40. The van der Waals surface area contributed by atoms with Crippen molar-refractivity contribution in [3.8, 4) is 5.75 Å². The molecule has 3 aromatic rings.